The fourth-order valence-electron chi connectivity index (χ4n) is 4.07. The lowest BCUT2D eigenvalue weighted by Crippen LogP contribution is -2.48. The van der Waals surface area contributed by atoms with E-state index >= 15 is 0 Å². The van der Waals surface area contributed by atoms with E-state index in [4.69, 9.17) is 5.73 Å². The van der Waals surface area contributed by atoms with Gasteiger partial charge in [-0.15, -0.1) is 13.2 Å². The number of anilines is 1. The molecular weight excluding hydrogens is 457 g/mol. The second-order valence-corrected chi connectivity index (χ2v) is 10.0. The van der Waals surface area contributed by atoms with Crippen LogP contribution in [0.1, 0.15) is 52.4 Å². The minimum Gasteiger partial charge on any atom is -0.406 e. The first kappa shape index (κ1) is 25.2. The first-order valence-electron chi connectivity index (χ1n) is 11.0. The molecule has 0 bridgehead atoms. The molecule has 7 nitrogen and oxygen atoms in total. The number of alkyl halides is 3. The lowest BCUT2D eigenvalue weighted by molar-refractivity contribution is -0.274. The Hall–Kier alpha value is -2.40. The highest BCUT2D eigenvalue weighted by Crippen LogP contribution is 2.39. The van der Waals surface area contributed by atoms with Crippen LogP contribution in [0.15, 0.2) is 18.2 Å². The van der Waals surface area contributed by atoms with Crippen molar-refractivity contribution >= 4 is 38.5 Å². The van der Waals surface area contributed by atoms with E-state index < -0.39 is 12.4 Å². The van der Waals surface area contributed by atoms with Crippen molar-refractivity contribution in [2.75, 3.05) is 11.9 Å². The van der Waals surface area contributed by atoms with E-state index in [0.29, 0.717) is 21.9 Å². The van der Waals surface area contributed by atoms with Gasteiger partial charge >= 0.3 is 6.36 Å². The summed E-state index contributed by atoms with van der Waals surface area (Å²) in [5.41, 5.74) is 6.04. The number of nitrogens with zero attached hydrogens (tertiary/aromatic N) is 1. The topological polar surface area (TPSA) is 106 Å². The van der Waals surface area contributed by atoms with Gasteiger partial charge in [0.05, 0.1) is 16.3 Å². The molecule has 2 aromatic rings. The van der Waals surface area contributed by atoms with Gasteiger partial charge in [0.25, 0.3) is 0 Å². The maximum atomic E-state index is 12.8. The van der Waals surface area contributed by atoms with Crippen LogP contribution in [0, 0.1) is 11.3 Å². The number of nitrogens with one attached hydrogen (secondary N) is 2. The predicted molar refractivity (Wildman–Crippen MR) is 121 cm³/mol. The van der Waals surface area contributed by atoms with Gasteiger partial charge in [-0.3, -0.25) is 9.59 Å². The van der Waals surface area contributed by atoms with Crippen molar-refractivity contribution in [3.63, 3.8) is 0 Å². The van der Waals surface area contributed by atoms with Crippen LogP contribution in [0.3, 0.4) is 0 Å². The van der Waals surface area contributed by atoms with Crippen molar-refractivity contribution in [1.29, 1.82) is 0 Å². The lowest BCUT2D eigenvalue weighted by atomic mass is 9.71. The average molecular weight is 487 g/mol. The molecule has 1 aromatic carbocycles. The van der Waals surface area contributed by atoms with Crippen molar-refractivity contribution in [1.82, 2.24) is 10.3 Å². The molecule has 0 saturated heterocycles. The van der Waals surface area contributed by atoms with Crippen molar-refractivity contribution < 1.29 is 27.5 Å². The zero-order valence-electron chi connectivity index (χ0n) is 18.6. The summed E-state index contributed by atoms with van der Waals surface area (Å²) in [5.74, 6) is -0.798. The van der Waals surface area contributed by atoms with Crippen LogP contribution < -0.4 is 21.1 Å². The molecule has 11 heteroatoms. The second kappa shape index (κ2) is 10.3. The molecule has 1 unspecified atom stereocenters. The number of carbonyl (C=O) groups excluding carboxylic acids is 2. The summed E-state index contributed by atoms with van der Waals surface area (Å²) < 4.78 is 41.8. The molecule has 0 spiro atoms. The summed E-state index contributed by atoms with van der Waals surface area (Å²) in [4.78, 5) is 29.5. The van der Waals surface area contributed by atoms with E-state index in [9.17, 15) is 22.8 Å². The van der Waals surface area contributed by atoms with Gasteiger partial charge in [0, 0.05) is 19.0 Å². The van der Waals surface area contributed by atoms with Gasteiger partial charge in [0.2, 0.25) is 11.8 Å². The fraction of sp³-hybridized carbons (Fsp3) is 0.591. The molecule has 182 valence electrons. The number of amides is 2. The highest BCUT2D eigenvalue weighted by atomic mass is 32.1. The van der Waals surface area contributed by atoms with Crippen LogP contribution in [0.2, 0.25) is 0 Å². The van der Waals surface area contributed by atoms with Crippen LogP contribution in [-0.2, 0) is 9.59 Å². The first-order chi connectivity index (χ1) is 15.5. The van der Waals surface area contributed by atoms with Gasteiger partial charge in [-0.2, -0.15) is 0 Å². The van der Waals surface area contributed by atoms with Gasteiger partial charge in [-0.1, -0.05) is 44.4 Å². The maximum absolute atomic E-state index is 12.8. The summed E-state index contributed by atoms with van der Waals surface area (Å²) in [6.07, 6.45) is 0.0972. The fourth-order valence-corrected chi connectivity index (χ4v) is 4.98. The predicted octanol–water partition coefficient (Wildman–Crippen LogP) is 4.57. The molecule has 3 rings (SSSR count). The Morgan fingerprint density at radius 1 is 1.24 bits per heavy atom. The van der Waals surface area contributed by atoms with Crippen LogP contribution in [0.4, 0.5) is 18.3 Å². The summed E-state index contributed by atoms with van der Waals surface area (Å²) in [5, 5.41) is 6.00. The molecule has 1 fully saturated rings. The minimum absolute atomic E-state index is 0.0108. The first-order valence-corrected chi connectivity index (χ1v) is 11.8. The van der Waals surface area contributed by atoms with Gasteiger partial charge in [-0.25, -0.2) is 4.98 Å². The Labute approximate surface area is 194 Å². The van der Waals surface area contributed by atoms with E-state index in [1.165, 1.54) is 18.2 Å². The van der Waals surface area contributed by atoms with Crippen molar-refractivity contribution in [2.45, 2.75) is 64.8 Å². The Bertz CT molecular complexity index is 987. The molecule has 1 aromatic heterocycles. The van der Waals surface area contributed by atoms with Crippen molar-refractivity contribution in [3.05, 3.63) is 18.2 Å². The Balaban J connectivity index is 1.66. The molecule has 1 aliphatic rings. The number of aromatic nitrogens is 1. The molecule has 0 radical (unpaired) electrons. The third-order valence-corrected chi connectivity index (χ3v) is 6.88. The average Bonchev–Trinajstić information content (AvgIpc) is 3.12. The molecule has 1 heterocycles. The maximum Gasteiger partial charge on any atom is 0.573 e. The molecule has 33 heavy (non-hydrogen) atoms. The Morgan fingerprint density at radius 2 is 1.94 bits per heavy atom. The van der Waals surface area contributed by atoms with Crippen molar-refractivity contribution in [2.24, 2.45) is 17.1 Å². The molecule has 4 N–H and O–H groups in total. The third kappa shape index (κ3) is 7.04. The number of carbonyl (C=O) groups is 2. The zero-order chi connectivity index (χ0) is 24.2. The van der Waals surface area contributed by atoms with Gasteiger partial charge in [0.1, 0.15) is 5.75 Å². The monoisotopic (exact) mass is 486 g/mol. The number of rotatable bonds is 8. The molecule has 0 aliphatic heterocycles. The highest BCUT2D eigenvalue weighted by Gasteiger charge is 2.35. The second-order valence-electron chi connectivity index (χ2n) is 8.97. The normalized spacial score (nSPS) is 17.1. The standard InChI is InChI=1S/C22H29F3N4O3S/c1-13(2)18(26)19(31)27-12-21(8-4-3-5-9-21)11-17(30)29-20-28-15-7-6-14(10-16(15)33-20)32-22(23,24)25/h6-7,10,13,18H,3-5,8-9,11-12,26H2,1-2H3,(H,27,31)(H,28,29,30). The summed E-state index contributed by atoms with van der Waals surface area (Å²) in [6.45, 7) is 4.13. The molecule has 1 saturated carbocycles. The number of hydrogen-bond donors (Lipinski definition) is 3. The Kier molecular flexibility index (Phi) is 7.84. The van der Waals surface area contributed by atoms with Gasteiger partial charge < -0.3 is 21.1 Å². The summed E-state index contributed by atoms with van der Waals surface area (Å²) in [7, 11) is 0. The molecule has 1 aliphatic carbocycles. The van der Waals surface area contributed by atoms with Crippen LogP contribution >= 0.6 is 11.3 Å². The molecule has 1 atom stereocenters. The number of ether oxygens (including phenoxy) is 1. The number of nitrogens with two attached hydrogens (primary N) is 1. The smallest absolute Gasteiger partial charge is 0.406 e. The largest absolute Gasteiger partial charge is 0.573 e. The number of hydrogen-bond acceptors (Lipinski definition) is 6. The van der Waals surface area contributed by atoms with E-state index in [-0.39, 0.29) is 35.3 Å². The third-order valence-electron chi connectivity index (χ3n) is 5.95. The van der Waals surface area contributed by atoms with E-state index in [2.05, 4.69) is 20.4 Å². The molecule has 2 amide bonds. The van der Waals surface area contributed by atoms with Crippen molar-refractivity contribution in [3.8, 4) is 5.75 Å². The minimum atomic E-state index is -4.78. The lowest BCUT2D eigenvalue weighted by Gasteiger charge is -2.37. The number of fused-ring (bicyclic) bond motifs is 1. The van der Waals surface area contributed by atoms with Crippen LogP contribution in [0.5, 0.6) is 5.75 Å². The quantitative estimate of drug-likeness (QED) is 0.507. The van der Waals surface area contributed by atoms with Crippen LogP contribution in [-0.4, -0.2) is 35.7 Å². The summed E-state index contributed by atoms with van der Waals surface area (Å²) in [6, 6.07) is 3.24. The van der Waals surface area contributed by atoms with Gasteiger partial charge in [0.15, 0.2) is 5.13 Å². The number of benzene rings is 1. The SMILES string of the molecule is CC(C)C(N)C(=O)NCC1(CC(=O)Nc2nc3ccc(OC(F)(F)F)cc3s2)CCCCC1. The number of halogens is 3. The van der Waals surface area contributed by atoms with Gasteiger partial charge in [-0.05, 0) is 36.3 Å². The zero-order valence-corrected chi connectivity index (χ0v) is 19.4. The van der Waals surface area contributed by atoms with Crippen LogP contribution in [0.25, 0.3) is 10.2 Å². The van der Waals surface area contributed by atoms with E-state index in [1.807, 2.05) is 13.8 Å². The number of thiazole rings is 1. The van der Waals surface area contributed by atoms with E-state index in [0.717, 1.165) is 43.4 Å². The molecular formula is C22H29F3N4O3S. The summed E-state index contributed by atoms with van der Waals surface area (Å²) >= 11 is 1.08. The Morgan fingerprint density at radius 3 is 2.58 bits per heavy atom. The van der Waals surface area contributed by atoms with E-state index in [1.54, 1.807) is 0 Å². The highest BCUT2D eigenvalue weighted by molar-refractivity contribution is 7.22.